The fourth-order valence-electron chi connectivity index (χ4n) is 6.66. The molecule has 0 aliphatic heterocycles. The fourth-order valence-corrected chi connectivity index (χ4v) is 6.66. The van der Waals surface area contributed by atoms with Crippen molar-refractivity contribution >= 4 is 28.0 Å². The number of unbranched alkanes of at least 4 members (excludes halogenated alkanes) is 10. The first-order valence-corrected chi connectivity index (χ1v) is 17.4. The van der Waals surface area contributed by atoms with E-state index in [1.165, 1.54) is 112 Å². The predicted molar refractivity (Wildman–Crippen MR) is 193 cm³/mol. The zero-order valence-electron chi connectivity index (χ0n) is 27.5. The van der Waals surface area contributed by atoms with Crippen molar-refractivity contribution in [2.45, 2.75) is 90.9 Å². The van der Waals surface area contributed by atoms with Crippen LogP contribution in [0.2, 0.25) is 0 Å². The third kappa shape index (κ3) is 11.2. The molecule has 0 aliphatic carbocycles. The molecule has 0 aliphatic rings. The van der Waals surface area contributed by atoms with Gasteiger partial charge in [0, 0.05) is 0 Å². The van der Waals surface area contributed by atoms with Gasteiger partial charge < -0.3 is 4.90 Å². The van der Waals surface area contributed by atoms with Gasteiger partial charge in [-0.3, -0.25) is 0 Å². The van der Waals surface area contributed by atoms with Crippen LogP contribution in [-0.2, 0) is 0 Å². The van der Waals surface area contributed by atoms with Gasteiger partial charge in [0.2, 0.25) is 0 Å². The van der Waals surface area contributed by atoms with E-state index < -0.39 is 6.15 Å². The van der Waals surface area contributed by atoms with Crippen molar-refractivity contribution in [3.8, 4) is 0 Å². The van der Waals surface area contributed by atoms with Crippen molar-refractivity contribution in [1.82, 2.24) is 0 Å². The quantitative estimate of drug-likeness (QED) is 0.0939. The molecule has 0 unspecified atom stereocenters. The molecule has 0 saturated heterocycles. The van der Waals surface area contributed by atoms with Gasteiger partial charge in [-0.25, -0.2) is 0 Å². The molecular formula is C41H58BN. The maximum absolute atomic E-state index is 2.37. The van der Waals surface area contributed by atoms with Crippen LogP contribution in [0.3, 0.4) is 0 Å². The predicted octanol–water partition coefficient (Wildman–Crippen LogP) is 7.29. The molecule has 0 amide bonds. The SMILES string of the molecule is CCCCCCCC[NH+](C)CCCCCCCC.c1ccc([B-](c2ccccc2)(c2ccccc2)c2ccccc2)cc1. The van der Waals surface area contributed by atoms with Gasteiger partial charge in [0.1, 0.15) is 6.15 Å². The van der Waals surface area contributed by atoms with Crippen molar-refractivity contribution in [3.63, 3.8) is 0 Å². The number of rotatable bonds is 18. The molecule has 0 fully saturated rings. The molecule has 0 saturated carbocycles. The Balaban J connectivity index is 0.000000251. The second-order valence-corrected chi connectivity index (χ2v) is 12.5. The summed E-state index contributed by atoms with van der Waals surface area (Å²) in [6.07, 6.45) is 16.0. The molecular weight excluding hydrogens is 517 g/mol. The Morgan fingerprint density at radius 1 is 0.372 bits per heavy atom. The molecule has 0 bridgehead atoms. The molecule has 0 spiro atoms. The van der Waals surface area contributed by atoms with E-state index >= 15 is 0 Å². The standard InChI is InChI=1S/C24H20B.C17H37N/c1-5-13-21(14-6-1)25(22-15-7-2-8-16-22,23-17-9-3-10-18-23)24-19-11-4-12-20-24;1-4-6-8-10-12-14-16-18(3)17-15-13-11-9-7-5-2/h1-20H;4-17H2,1-3H3/q-1;/p+1. The van der Waals surface area contributed by atoms with E-state index in [0.29, 0.717) is 0 Å². The van der Waals surface area contributed by atoms with Crippen molar-refractivity contribution in [2.75, 3.05) is 20.1 Å². The smallest absolute Gasteiger partial charge is 0.108 e. The molecule has 1 N–H and O–H groups in total. The van der Waals surface area contributed by atoms with Crippen LogP contribution in [0, 0.1) is 0 Å². The lowest BCUT2D eigenvalue weighted by Crippen LogP contribution is -3.09. The minimum absolute atomic E-state index is 1.22. The van der Waals surface area contributed by atoms with Crippen LogP contribution in [0.5, 0.6) is 0 Å². The largest absolute Gasteiger partial charge is 0.337 e. The van der Waals surface area contributed by atoms with Crippen LogP contribution in [0.4, 0.5) is 0 Å². The zero-order valence-corrected chi connectivity index (χ0v) is 27.5. The summed E-state index contributed by atoms with van der Waals surface area (Å²) in [6, 6.07) is 43.5. The lowest BCUT2D eigenvalue weighted by Gasteiger charge is -2.44. The third-order valence-corrected chi connectivity index (χ3v) is 9.11. The van der Waals surface area contributed by atoms with Crippen LogP contribution in [0.15, 0.2) is 121 Å². The van der Waals surface area contributed by atoms with Gasteiger partial charge in [0.15, 0.2) is 0 Å². The van der Waals surface area contributed by atoms with Crippen LogP contribution in [-0.4, -0.2) is 26.3 Å². The van der Waals surface area contributed by atoms with E-state index in [1.54, 1.807) is 4.90 Å². The molecule has 1 nitrogen and oxygen atoms in total. The maximum Gasteiger partial charge on any atom is 0.108 e. The number of benzene rings is 4. The van der Waals surface area contributed by atoms with Crippen LogP contribution in [0.25, 0.3) is 0 Å². The normalized spacial score (nSPS) is 11.3. The first kappa shape index (κ1) is 34.4. The molecule has 0 heterocycles. The van der Waals surface area contributed by atoms with Crippen molar-refractivity contribution in [3.05, 3.63) is 121 Å². The Morgan fingerprint density at radius 2 is 0.628 bits per heavy atom. The third-order valence-electron chi connectivity index (χ3n) is 9.11. The minimum Gasteiger partial charge on any atom is -0.337 e. The fraction of sp³-hybridized carbons (Fsp3) is 0.415. The molecule has 0 aromatic heterocycles. The highest BCUT2D eigenvalue weighted by Crippen LogP contribution is 2.09. The van der Waals surface area contributed by atoms with Gasteiger partial charge in [-0.1, -0.05) is 187 Å². The van der Waals surface area contributed by atoms with Gasteiger partial charge in [-0.15, -0.1) is 0 Å². The second-order valence-electron chi connectivity index (χ2n) is 12.5. The highest BCUT2D eigenvalue weighted by molar-refractivity contribution is 7.19. The molecule has 4 aromatic rings. The van der Waals surface area contributed by atoms with E-state index in [0.717, 1.165) is 0 Å². The Kier molecular flexibility index (Phi) is 16.6. The first-order valence-electron chi connectivity index (χ1n) is 17.4. The molecule has 0 atom stereocenters. The summed E-state index contributed by atoms with van der Waals surface area (Å²) in [4.78, 5) is 1.75. The number of hydrogen-bond acceptors (Lipinski definition) is 0. The van der Waals surface area contributed by atoms with Gasteiger partial charge in [0.25, 0.3) is 0 Å². The van der Waals surface area contributed by atoms with Crippen LogP contribution >= 0.6 is 0 Å². The number of hydrogen-bond donors (Lipinski definition) is 1. The highest BCUT2D eigenvalue weighted by atomic mass is 15.1. The summed E-state index contributed by atoms with van der Waals surface area (Å²) in [7, 11) is 2.37. The van der Waals surface area contributed by atoms with Crippen molar-refractivity contribution in [1.29, 1.82) is 0 Å². The first-order chi connectivity index (χ1) is 21.2. The molecule has 4 rings (SSSR count). The average Bonchev–Trinajstić information content (AvgIpc) is 3.07. The lowest BCUT2D eigenvalue weighted by molar-refractivity contribution is -0.880. The minimum atomic E-state index is -1.22. The second kappa shape index (κ2) is 20.7. The highest BCUT2D eigenvalue weighted by Gasteiger charge is 2.31. The van der Waals surface area contributed by atoms with Crippen molar-refractivity contribution < 1.29 is 4.90 Å². The van der Waals surface area contributed by atoms with Gasteiger partial charge in [-0.05, 0) is 25.7 Å². The van der Waals surface area contributed by atoms with Gasteiger partial charge in [0.05, 0.1) is 20.1 Å². The monoisotopic (exact) mass is 575 g/mol. The Labute approximate surface area is 264 Å². The molecule has 4 aromatic carbocycles. The van der Waals surface area contributed by atoms with Gasteiger partial charge in [-0.2, -0.15) is 21.9 Å². The summed E-state index contributed by atoms with van der Waals surface area (Å²) in [5.41, 5.74) is 5.36. The molecule has 2 heteroatoms. The lowest BCUT2D eigenvalue weighted by atomic mass is 9.13. The Hall–Kier alpha value is -3.10. The van der Waals surface area contributed by atoms with Crippen LogP contribution < -0.4 is 26.8 Å². The molecule has 0 radical (unpaired) electrons. The van der Waals surface area contributed by atoms with Gasteiger partial charge >= 0.3 is 0 Å². The van der Waals surface area contributed by atoms with E-state index in [1.807, 2.05) is 0 Å². The number of quaternary nitrogens is 1. The number of nitrogens with one attached hydrogen (secondary N) is 1. The molecule has 43 heavy (non-hydrogen) atoms. The molecule has 230 valence electrons. The van der Waals surface area contributed by atoms with E-state index in [-0.39, 0.29) is 0 Å². The van der Waals surface area contributed by atoms with Crippen molar-refractivity contribution in [2.24, 2.45) is 0 Å². The Morgan fingerprint density at radius 3 is 0.907 bits per heavy atom. The average molecular weight is 576 g/mol. The summed E-state index contributed by atoms with van der Waals surface area (Å²) < 4.78 is 0. The van der Waals surface area contributed by atoms with Crippen LogP contribution in [0.1, 0.15) is 90.9 Å². The maximum atomic E-state index is 2.37. The summed E-state index contributed by atoms with van der Waals surface area (Å²) in [5, 5.41) is 0. The van der Waals surface area contributed by atoms with E-state index in [4.69, 9.17) is 0 Å². The summed E-state index contributed by atoms with van der Waals surface area (Å²) >= 11 is 0. The van der Waals surface area contributed by atoms with E-state index in [2.05, 4.69) is 142 Å². The topological polar surface area (TPSA) is 4.44 Å². The summed E-state index contributed by atoms with van der Waals surface area (Å²) in [6.45, 7) is 7.36. The zero-order chi connectivity index (χ0) is 30.4. The summed E-state index contributed by atoms with van der Waals surface area (Å²) in [5.74, 6) is 0. The Bertz CT molecular complexity index is 1010. The van der Waals surface area contributed by atoms with E-state index in [9.17, 15) is 0 Å².